The van der Waals surface area contributed by atoms with Crippen molar-refractivity contribution < 1.29 is 0 Å². The highest BCUT2D eigenvalue weighted by Crippen LogP contribution is 2.40. The molecule has 0 heterocycles. The molecule has 0 saturated heterocycles. The average Bonchev–Trinajstić information content (AvgIpc) is 3.06. The molecular formula is C41H33N. The van der Waals surface area contributed by atoms with Gasteiger partial charge in [0, 0.05) is 18.4 Å². The van der Waals surface area contributed by atoms with Gasteiger partial charge in [-0.3, -0.25) is 0 Å². The van der Waals surface area contributed by atoms with E-state index in [1.54, 1.807) is 0 Å². The van der Waals surface area contributed by atoms with Crippen molar-refractivity contribution in [2.75, 3.05) is 11.9 Å². The van der Waals surface area contributed by atoms with E-state index in [9.17, 15) is 0 Å². The van der Waals surface area contributed by atoms with Crippen LogP contribution in [0.3, 0.4) is 0 Å². The first kappa shape index (κ1) is 24.9. The van der Waals surface area contributed by atoms with Crippen molar-refractivity contribution in [1.82, 2.24) is 0 Å². The van der Waals surface area contributed by atoms with Crippen molar-refractivity contribution in [1.29, 1.82) is 0 Å². The van der Waals surface area contributed by atoms with Gasteiger partial charge in [0.25, 0.3) is 0 Å². The predicted molar refractivity (Wildman–Crippen MR) is 182 cm³/mol. The zero-order chi connectivity index (χ0) is 28.0. The fourth-order valence-corrected chi connectivity index (χ4v) is 6.99. The van der Waals surface area contributed by atoms with Gasteiger partial charge < -0.3 is 4.90 Å². The summed E-state index contributed by atoms with van der Waals surface area (Å²) < 4.78 is 0. The summed E-state index contributed by atoms with van der Waals surface area (Å²) in [7, 11) is 2.16. The number of benzene rings is 6. The van der Waals surface area contributed by atoms with E-state index in [-0.39, 0.29) is 0 Å². The lowest BCUT2D eigenvalue weighted by atomic mass is 9.85. The quantitative estimate of drug-likeness (QED) is 0.215. The van der Waals surface area contributed by atoms with Crippen LogP contribution in [-0.2, 0) is 12.8 Å². The molecule has 0 radical (unpaired) electrons. The van der Waals surface area contributed by atoms with Gasteiger partial charge in [-0.25, -0.2) is 0 Å². The fraction of sp³-hybridized carbons (Fsp3) is 0.122. The Bertz CT molecular complexity index is 1880. The fourth-order valence-electron chi connectivity index (χ4n) is 6.99. The first-order valence-electron chi connectivity index (χ1n) is 15.1. The first-order chi connectivity index (χ1) is 20.7. The molecule has 1 nitrogen and oxygen atoms in total. The zero-order valence-electron chi connectivity index (χ0n) is 24.0. The van der Waals surface area contributed by atoms with Crippen molar-refractivity contribution >= 4 is 45.1 Å². The molecule has 0 atom stereocenters. The van der Waals surface area contributed by atoms with Gasteiger partial charge in [-0.1, -0.05) is 109 Å². The second kappa shape index (κ2) is 10.2. The summed E-state index contributed by atoms with van der Waals surface area (Å²) in [5, 5.41) is 5.30. The summed E-state index contributed by atoms with van der Waals surface area (Å²) in [6.07, 6.45) is 13.7. The van der Waals surface area contributed by atoms with Crippen LogP contribution in [0.15, 0.2) is 121 Å². The molecule has 0 fully saturated rings. The summed E-state index contributed by atoms with van der Waals surface area (Å²) in [5.74, 6) is 0. The lowest BCUT2D eigenvalue weighted by Crippen LogP contribution is -2.09. The van der Waals surface area contributed by atoms with Crippen molar-refractivity contribution in [2.24, 2.45) is 0 Å². The van der Waals surface area contributed by atoms with Crippen molar-refractivity contribution in [2.45, 2.75) is 25.7 Å². The maximum absolute atomic E-state index is 2.38. The van der Waals surface area contributed by atoms with Crippen LogP contribution in [0.1, 0.15) is 35.1 Å². The number of aryl methyl sites for hydroxylation is 2. The number of hydrogen-bond donors (Lipinski definition) is 0. The monoisotopic (exact) mass is 539 g/mol. The minimum absolute atomic E-state index is 1.11. The van der Waals surface area contributed by atoms with Gasteiger partial charge in [-0.15, -0.1) is 0 Å². The summed E-state index contributed by atoms with van der Waals surface area (Å²) in [5.41, 5.74) is 13.3. The molecule has 0 saturated carbocycles. The van der Waals surface area contributed by atoms with Crippen LogP contribution in [-0.4, -0.2) is 7.05 Å². The van der Waals surface area contributed by atoms with E-state index in [2.05, 4.69) is 145 Å². The summed E-state index contributed by atoms with van der Waals surface area (Å²) >= 11 is 0. The molecular weight excluding hydrogens is 506 g/mol. The standard InChI is InChI=1S/C41H33N/c1-42(34-22-18-28(19-23-34)40-36-14-6-2-10-30(36)26-31-11-3-7-15-37(31)40)35-24-20-29(21-25-35)41-38-16-8-4-12-32(38)27-33-13-5-9-17-39(33)41/h2,4,6-10,12,14-27H,3,5,11,13H2,1H3. The van der Waals surface area contributed by atoms with E-state index in [0.29, 0.717) is 0 Å². The van der Waals surface area contributed by atoms with E-state index in [0.717, 1.165) is 25.7 Å². The van der Waals surface area contributed by atoms with Crippen molar-refractivity contribution in [3.8, 4) is 22.3 Å². The van der Waals surface area contributed by atoms with Gasteiger partial charge in [-0.2, -0.15) is 0 Å². The Morgan fingerprint density at radius 1 is 0.500 bits per heavy atom. The first-order valence-corrected chi connectivity index (χ1v) is 15.1. The van der Waals surface area contributed by atoms with Crippen LogP contribution >= 0.6 is 0 Å². The normalized spacial score (nSPS) is 13.7. The molecule has 6 aromatic carbocycles. The molecule has 0 N–H and O–H groups in total. The maximum Gasteiger partial charge on any atom is 0.0408 e. The number of nitrogens with zero attached hydrogens (tertiary/aromatic N) is 1. The Labute approximate surface area is 248 Å². The minimum Gasteiger partial charge on any atom is -0.345 e. The van der Waals surface area contributed by atoms with E-state index < -0.39 is 0 Å². The molecule has 0 spiro atoms. The molecule has 2 aliphatic carbocycles. The second-order valence-corrected chi connectivity index (χ2v) is 11.6. The third-order valence-corrected chi connectivity index (χ3v) is 9.17. The maximum atomic E-state index is 2.38. The van der Waals surface area contributed by atoms with E-state index in [4.69, 9.17) is 0 Å². The van der Waals surface area contributed by atoms with Crippen LogP contribution in [0.4, 0.5) is 11.4 Å². The third-order valence-electron chi connectivity index (χ3n) is 9.17. The molecule has 8 rings (SSSR count). The van der Waals surface area contributed by atoms with Gasteiger partial charge in [0.05, 0.1) is 0 Å². The lowest BCUT2D eigenvalue weighted by molar-refractivity contribution is 0.989. The third kappa shape index (κ3) is 4.16. The molecule has 2 aliphatic rings. The predicted octanol–water partition coefficient (Wildman–Crippen LogP) is 11.0. The summed E-state index contributed by atoms with van der Waals surface area (Å²) in [6, 6.07) is 40.6. The highest BCUT2D eigenvalue weighted by molar-refractivity contribution is 6.03. The molecule has 202 valence electrons. The number of rotatable bonds is 4. The topological polar surface area (TPSA) is 3.24 Å². The van der Waals surface area contributed by atoms with Gasteiger partial charge in [-0.05, 0) is 116 Å². The van der Waals surface area contributed by atoms with E-state index in [1.165, 1.54) is 77.4 Å². The van der Waals surface area contributed by atoms with Gasteiger partial charge in [0.15, 0.2) is 0 Å². The van der Waals surface area contributed by atoms with Gasteiger partial charge in [0.2, 0.25) is 0 Å². The van der Waals surface area contributed by atoms with Gasteiger partial charge >= 0.3 is 0 Å². The number of fused-ring (bicyclic) bond motifs is 4. The molecule has 0 aromatic heterocycles. The molecule has 42 heavy (non-hydrogen) atoms. The molecule has 1 heteroatoms. The summed E-state index contributed by atoms with van der Waals surface area (Å²) in [4.78, 5) is 2.28. The van der Waals surface area contributed by atoms with Gasteiger partial charge in [0.1, 0.15) is 0 Å². The Hall–Kier alpha value is -4.88. The molecule has 0 amide bonds. The van der Waals surface area contributed by atoms with E-state index >= 15 is 0 Å². The zero-order valence-corrected chi connectivity index (χ0v) is 24.0. The van der Waals surface area contributed by atoms with Crippen molar-refractivity contribution in [3.63, 3.8) is 0 Å². The number of hydrogen-bond acceptors (Lipinski definition) is 1. The largest absolute Gasteiger partial charge is 0.345 e. The number of allylic oxidation sites excluding steroid dienone is 2. The van der Waals surface area contributed by atoms with Crippen LogP contribution in [0, 0.1) is 0 Å². The minimum atomic E-state index is 1.11. The molecule has 0 unspecified atom stereocenters. The Morgan fingerprint density at radius 2 is 0.929 bits per heavy atom. The number of anilines is 2. The lowest BCUT2D eigenvalue weighted by Gasteiger charge is -2.22. The second-order valence-electron chi connectivity index (χ2n) is 11.6. The van der Waals surface area contributed by atoms with Crippen LogP contribution in [0.5, 0.6) is 0 Å². The Kier molecular flexibility index (Phi) is 6.04. The highest BCUT2D eigenvalue weighted by Gasteiger charge is 2.17. The van der Waals surface area contributed by atoms with Crippen LogP contribution in [0.2, 0.25) is 0 Å². The van der Waals surface area contributed by atoms with E-state index in [1.807, 2.05) is 0 Å². The molecule has 0 bridgehead atoms. The van der Waals surface area contributed by atoms with Crippen LogP contribution in [0.25, 0.3) is 56.0 Å². The Balaban J connectivity index is 1.14. The Morgan fingerprint density at radius 3 is 1.38 bits per heavy atom. The van der Waals surface area contributed by atoms with Crippen molar-refractivity contribution in [3.05, 3.63) is 144 Å². The molecule has 6 aromatic rings. The molecule has 0 aliphatic heterocycles. The average molecular weight is 540 g/mol. The highest BCUT2D eigenvalue weighted by atomic mass is 15.1. The summed E-state index contributed by atoms with van der Waals surface area (Å²) in [6.45, 7) is 0. The SMILES string of the molecule is CN(c1ccc(-c2c3c(cc4ccccc24)CCC=C3)cc1)c1ccc(-c2c3c(cc4ccccc24)CCC=C3)cc1. The van der Waals surface area contributed by atoms with Crippen LogP contribution < -0.4 is 4.90 Å². The smallest absolute Gasteiger partial charge is 0.0408 e.